The second-order valence-electron chi connectivity index (χ2n) is 6.37. The van der Waals surface area contributed by atoms with Gasteiger partial charge in [-0.3, -0.25) is 14.3 Å². The summed E-state index contributed by atoms with van der Waals surface area (Å²) in [7, 11) is 0. The van der Waals surface area contributed by atoms with Gasteiger partial charge in [-0.15, -0.1) is 10.2 Å². The Bertz CT molecular complexity index is 1100. The summed E-state index contributed by atoms with van der Waals surface area (Å²) in [5.41, 5.74) is 2.65. The van der Waals surface area contributed by atoms with Crippen LogP contribution in [0.15, 0.2) is 90.3 Å². The third-order valence-electron chi connectivity index (χ3n) is 4.41. The standard InChI is InChI=1S/C23H20N4O2S/c1-2-29-22(28)20(17-9-5-3-6-10-17)30-23-26-25-21(18-13-15-24-16-14-18)27(23)19-11-7-4-8-12-19/h3-16,20H,2H2,1H3. The van der Waals surface area contributed by atoms with Crippen LogP contribution in [0, 0.1) is 0 Å². The Morgan fingerprint density at radius 2 is 1.63 bits per heavy atom. The fourth-order valence-electron chi connectivity index (χ4n) is 3.05. The first-order valence-corrected chi connectivity index (χ1v) is 10.5. The van der Waals surface area contributed by atoms with Crippen LogP contribution in [-0.4, -0.2) is 32.3 Å². The van der Waals surface area contributed by atoms with Gasteiger partial charge in [-0.2, -0.15) is 0 Å². The molecule has 0 N–H and O–H groups in total. The maximum atomic E-state index is 12.8. The number of aromatic nitrogens is 4. The second kappa shape index (κ2) is 9.37. The maximum absolute atomic E-state index is 12.8. The van der Waals surface area contributed by atoms with Crippen LogP contribution in [0.4, 0.5) is 0 Å². The predicted molar refractivity (Wildman–Crippen MR) is 116 cm³/mol. The Labute approximate surface area is 179 Å². The predicted octanol–water partition coefficient (Wildman–Crippen LogP) is 4.73. The molecule has 4 aromatic rings. The van der Waals surface area contributed by atoms with E-state index in [1.165, 1.54) is 11.8 Å². The van der Waals surface area contributed by atoms with E-state index < -0.39 is 5.25 Å². The molecule has 6 nitrogen and oxygen atoms in total. The van der Waals surface area contributed by atoms with Gasteiger partial charge in [-0.1, -0.05) is 60.3 Å². The molecule has 2 aromatic heterocycles. The molecule has 0 aliphatic carbocycles. The van der Waals surface area contributed by atoms with Crippen LogP contribution in [0.3, 0.4) is 0 Å². The van der Waals surface area contributed by atoms with Crippen molar-refractivity contribution in [2.75, 3.05) is 6.61 Å². The summed E-state index contributed by atoms with van der Waals surface area (Å²) in [4.78, 5) is 16.9. The molecule has 0 amide bonds. The number of para-hydroxylation sites is 1. The first-order chi connectivity index (χ1) is 14.8. The molecule has 1 atom stereocenters. The number of benzene rings is 2. The molecule has 2 aromatic carbocycles. The minimum absolute atomic E-state index is 0.304. The third-order valence-corrected chi connectivity index (χ3v) is 5.59. The number of hydrogen-bond acceptors (Lipinski definition) is 6. The molecule has 0 radical (unpaired) electrons. The fraction of sp³-hybridized carbons (Fsp3) is 0.130. The number of carbonyl (C=O) groups excluding carboxylic acids is 1. The summed E-state index contributed by atoms with van der Waals surface area (Å²) in [6, 6.07) is 23.2. The van der Waals surface area contributed by atoms with Crippen molar-refractivity contribution in [2.45, 2.75) is 17.3 Å². The molecule has 7 heteroatoms. The lowest BCUT2D eigenvalue weighted by Gasteiger charge is -2.16. The van der Waals surface area contributed by atoms with E-state index in [1.807, 2.05) is 77.4 Å². The van der Waals surface area contributed by atoms with Gasteiger partial charge in [0.05, 0.1) is 6.61 Å². The second-order valence-corrected chi connectivity index (χ2v) is 7.45. The van der Waals surface area contributed by atoms with Gasteiger partial charge in [-0.05, 0) is 36.8 Å². The molecule has 0 aliphatic heterocycles. The molecular weight excluding hydrogens is 396 g/mol. The van der Waals surface area contributed by atoms with Gasteiger partial charge in [-0.25, -0.2) is 0 Å². The molecular formula is C23H20N4O2S. The van der Waals surface area contributed by atoms with E-state index in [0.717, 1.165) is 16.8 Å². The van der Waals surface area contributed by atoms with Gasteiger partial charge in [0.1, 0.15) is 5.25 Å². The minimum atomic E-state index is -0.553. The highest BCUT2D eigenvalue weighted by atomic mass is 32.2. The van der Waals surface area contributed by atoms with Gasteiger partial charge in [0.2, 0.25) is 0 Å². The van der Waals surface area contributed by atoms with E-state index in [4.69, 9.17) is 4.74 Å². The number of rotatable bonds is 7. The molecule has 0 aliphatic rings. The topological polar surface area (TPSA) is 69.9 Å². The Morgan fingerprint density at radius 1 is 0.967 bits per heavy atom. The van der Waals surface area contributed by atoms with Gasteiger partial charge < -0.3 is 4.74 Å². The molecule has 4 rings (SSSR count). The lowest BCUT2D eigenvalue weighted by Crippen LogP contribution is -2.14. The number of hydrogen-bond donors (Lipinski definition) is 0. The molecule has 1 unspecified atom stereocenters. The lowest BCUT2D eigenvalue weighted by atomic mass is 10.1. The van der Waals surface area contributed by atoms with Crippen LogP contribution >= 0.6 is 11.8 Å². The van der Waals surface area contributed by atoms with Crippen LogP contribution in [0.5, 0.6) is 0 Å². The number of thioether (sulfide) groups is 1. The average molecular weight is 417 g/mol. The highest BCUT2D eigenvalue weighted by molar-refractivity contribution is 8.00. The van der Waals surface area contributed by atoms with E-state index in [2.05, 4.69) is 15.2 Å². The number of nitrogens with zero attached hydrogens (tertiary/aromatic N) is 4. The minimum Gasteiger partial charge on any atom is -0.465 e. The highest BCUT2D eigenvalue weighted by Crippen LogP contribution is 2.38. The van der Waals surface area contributed by atoms with Crippen molar-refractivity contribution in [2.24, 2.45) is 0 Å². The zero-order chi connectivity index (χ0) is 20.8. The van der Waals surface area contributed by atoms with Crippen molar-refractivity contribution in [3.63, 3.8) is 0 Å². The molecule has 0 saturated carbocycles. The van der Waals surface area contributed by atoms with Crippen LogP contribution in [0.25, 0.3) is 17.1 Å². The monoisotopic (exact) mass is 416 g/mol. The SMILES string of the molecule is CCOC(=O)C(Sc1nnc(-c2ccncc2)n1-c1ccccc1)c1ccccc1. The van der Waals surface area contributed by atoms with Gasteiger partial charge in [0.15, 0.2) is 11.0 Å². The van der Waals surface area contributed by atoms with Gasteiger partial charge in [0, 0.05) is 23.6 Å². The third kappa shape index (κ3) is 4.26. The van der Waals surface area contributed by atoms with E-state index in [1.54, 1.807) is 19.3 Å². The van der Waals surface area contributed by atoms with E-state index in [9.17, 15) is 4.79 Å². The van der Waals surface area contributed by atoms with Gasteiger partial charge >= 0.3 is 5.97 Å². The Balaban J connectivity index is 1.80. The van der Waals surface area contributed by atoms with E-state index in [0.29, 0.717) is 17.6 Å². The van der Waals surface area contributed by atoms with Crippen molar-refractivity contribution in [1.29, 1.82) is 0 Å². The summed E-state index contributed by atoms with van der Waals surface area (Å²) in [5.74, 6) is 0.378. The molecule has 0 bridgehead atoms. The lowest BCUT2D eigenvalue weighted by molar-refractivity contribution is -0.142. The first-order valence-electron chi connectivity index (χ1n) is 9.57. The maximum Gasteiger partial charge on any atom is 0.324 e. The van der Waals surface area contributed by atoms with E-state index in [-0.39, 0.29) is 5.97 Å². The molecule has 30 heavy (non-hydrogen) atoms. The zero-order valence-corrected chi connectivity index (χ0v) is 17.2. The zero-order valence-electron chi connectivity index (χ0n) is 16.4. The van der Waals surface area contributed by atoms with Crippen molar-refractivity contribution in [1.82, 2.24) is 19.7 Å². The molecule has 0 saturated heterocycles. The molecule has 150 valence electrons. The first kappa shape index (κ1) is 19.8. The largest absolute Gasteiger partial charge is 0.465 e. The summed E-state index contributed by atoms with van der Waals surface area (Å²) in [6.45, 7) is 2.12. The van der Waals surface area contributed by atoms with Crippen LogP contribution in [-0.2, 0) is 9.53 Å². The Kier molecular flexibility index (Phi) is 6.20. The van der Waals surface area contributed by atoms with Crippen molar-refractivity contribution >= 4 is 17.7 Å². The quantitative estimate of drug-likeness (QED) is 0.321. The Hall–Kier alpha value is -3.45. The Morgan fingerprint density at radius 3 is 2.30 bits per heavy atom. The molecule has 0 fully saturated rings. The van der Waals surface area contributed by atoms with Crippen molar-refractivity contribution in [3.05, 3.63) is 90.8 Å². The van der Waals surface area contributed by atoms with Crippen LogP contribution < -0.4 is 0 Å². The van der Waals surface area contributed by atoms with Gasteiger partial charge in [0.25, 0.3) is 0 Å². The summed E-state index contributed by atoms with van der Waals surface area (Å²) >= 11 is 1.33. The highest BCUT2D eigenvalue weighted by Gasteiger charge is 2.27. The van der Waals surface area contributed by atoms with E-state index >= 15 is 0 Å². The smallest absolute Gasteiger partial charge is 0.324 e. The van der Waals surface area contributed by atoms with Crippen LogP contribution in [0.2, 0.25) is 0 Å². The summed E-state index contributed by atoms with van der Waals surface area (Å²) in [5, 5.41) is 8.91. The number of esters is 1. The van der Waals surface area contributed by atoms with Crippen molar-refractivity contribution < 1.29 is 9.53 Å². The van der Waals surface area contributed by atoms with Crippen molar-refractivity contribution in [3.8, 4) is 17.1 Å². The fourth-order valence-corrected chi connectivity index (χ4v) is 4.10. The summed E-state index contributed by atoms with van der Waals surface area (Å²) in [6.07, 6.45) is 3.44. The number of ether oxygens (including phenoxy) is 1. The normalized spacial score (nSPS) is 11.8. The molecule has 0 spiro atoms. The molecule has 2 heterocycles. The average Bonchev–Trinajstić information content (AvgIpc) is 3.23. The van der Waals surface area contributed by atoms with Crippen LogP contribution in [0.1, 0.15) is 17.7 Å². The number of carbonyl (C=O) groups is 1. The number of pyridine rings is 1. The summed E-state index contributed by atoms with van der Waals surface area (Å²) < 4.78 is 7.30.